The van der Waals surface area contributed by atoms with Crippen molar-refractivity contribution < 1.29 is 4.39 Å². The molecule has 1 aliphatic rings. The van der Waals surface area contributed by atoms with Gasteiger partial charge in [-0.05, 0) is 38.3 Å². The molecular weight excluding hydrogens is 139 g/mol. The fourth-order valence-corrected chi connectivity index (χ4v) is 1.09. The Morgan fingerprint density at radius 3 is 3.00 bits per heavy atom. The summed E-state index contributed by atoms with van der Waals surface area (Å²) in [5.41, 5.74) is 1.02. The summed E-state index contributed by atoms with van der Waals surface area (Å²) in [6.07, 6.45) is 10.2. The van der Waals surface area contributed by atoms with E-state index >= 15 is 0 Å². The van der Waals surface area contributed by atoms with Crippen molar-refractivity contribution >= 4 is 0 Å². The third kappa shape index (κ3) is 3.17. The van der Waals surface area contributed by atoms with Gasteiger partial charge < -0.3 is 0 Å². The number of allylic oxidation sites excluding steroid dienone is 6. The quantitative estimate of drug-likeness (QED) is 0.498. The predicted octanol–water partition coefficient (Wildman–Crippen LogP) is 3.53. The van der Waals surface area contributed by atoms with Gasteiger partial charge >= 0.3 is 0 Å². The summed E-state index contributed by atoms with van der Waals surface area (Å²) in [6.45, 7) is 1.93. The van der Waals surface area contributed by atoms with E-state index < -0.39 is 0 Å². The first kappa shape index (κ1) is 8.25. The predicted molar refractivity (Wildman–Crippen MR) is 45.9 cm³/mol. The average molecular weight is 152 g/mol. The molecule has 0 bridgehead atoms. The van der Waals surface area contributed by atoms with Crippen LogP contribution < -0.4 is 0 Å². The van der Waals surface area contributed by atoms with Crippen molar-refractivity contribution in [2.45, 2.75) is 26.2 Å². The third-order valence-corrected chi connectivity index (χ3v) is 1.68. The van der Waals surface area contributed by atoms with Crippen LogP contribution in [-0.4, -0.2) is 0 Å². The Balaban J connectivity index is 2.74. The molecule has 0 atom stereocenters. The normalized spacial score (nSPS) is 31.8. The molecule has 0 aromatic heterocycles. The molecule has 0 fully saturated rings. The van der Waals surface area contributed by atoms with Gasteiger partial charge in [0.15, 0.2) is 0 Å². The molecule has 1 rings (SSSR count). The Hall–Kier alpha value is -0.850. The van der Waals surface area contributed by atoms with E-state index in [-0.39, 0.29) is 5.83 Å². The maximum Gasteiger partial charge on any atom is 0.123 e. The molecule has 60 valence electrons. The van der Waals surface area contributed by atoms with E-state index in [1.807, 2.05) is 13.0 Å². The zero-order valence-electron chi connectivity index (χ0n) is 6.81. The van der Waals surface area contributed by atoms with Gasteiger partial charge in [-0.25, -0.2) is 4.39 Å². The Morgan fingerprint density at radius 2 is 2.18 bits per heavy atom. The van der Waals surface area contributed by atoms with Gasteiger partial charge in [-0.2, -0.15) is 0 Å². The molecule has 0 spiro atoms. The van der Waals surface area contributed by atoms with Crippen LogP contribution in [0.15, 0.2) is 35.7 Å². The lowest BCUT2D eigenvalue weighted by molar-refractivity contribution is 0.665. The summed E-state index contributed by atoms with van der Waals surface area (Å²) in [7, 11) is 0. The molecule has 0 aromatic carbocycles. The maximum atomic E-state index is 12.8. The molecular formula is C10H13F. The summed E-state index contributed by atoms with van der Waals surface area (Å²) < 4.78 is 12.8. The molecule has 0 heterocycles. The van der Waals surface area contributed by atoms with Gasteiger partial charge in [-0.3, -0.25) is 0 Å². The Kier molecular flexibility index (Phi) is 3.09. The second kappa shape index (κ2) is 4.12. The van der Waals surface area contributed by atoms with Crippen molar-refractivity contribution in [3.05, 3.63) is 35.7 Å². The number of rotatable bonds is 0. The van der Waals surface area contributed by atoms with Gasteiger partial charge in [-0.1, -0.05) is 17.7 Å². The fourth-order valence-electron chi connectivity index (χ4n) is 1.09. The van der Waals surface area contributed by atoms with Crippen molar-refractivity contribution in [1.82, 2.24) is 0 Å². The van der Waals surface area contributed by atoms with Crippen LogP contribution in [-0.2, 0) is 0 Å². The summed E-state index contributed by atoms with van der Waals surface area (Å²) in [5.74, 6) is -0.138. The Labute approximate surface area is 67.1 Å². The van der Waals surface area contributed by atoms with Crippen LogP contribution >= 0.6 is 0 Å². The summed E-state index contributed by atoms with van der Waals surface area (Å²) in [4.78, 5) is 0. The minimum atomic E-state index is -0.138. The minimum Gasteiger partial charge on any atom is -0.207 e. The smallest absolute Gasteiger partial charge is 0.123 e. The third-order valence-electron chi connectivity index (χ3n) is 1.68. The molecule has 0 aliphatic heterocycles. The molecule has 0 unspecified atom stereocenters. The summed E-state index contributed by atoms with van der Waals surface area (Å²) in [5, 5.41) is 0. The molecule has 0 aromatic rings. The standard InChI is InChI=1S/C10H13F/c1-9-6-4-2-3-5-7-10(11)8-9/h5-8H,2-4H2,1H3/b7-5+,9-6-,10-8+. The topological polar surface area (TPSA) is 0 Å². The van der Waals surface area contributed by atoms with E-state index in [2.05, 4.69) is 6.08 Å². The fraction of sp³-hybridized carbons (Fsp3) is 0.400. The van der Waals surface area contributed by atoms with E-state index in [1.54, 1.807) is 12.2 Å². The van der Waals surface area contributed by atoms with Gasteiger partial charge in [0.2, 0.25) is 0 Å². The van der Waals surface area contributed by atoms with E-state index in [1.165, 1.54) is 0 Å². The highest BCUT2D eigenvalue weighted by Crippen LogP contribution is 2.11. The van der Waals surface area contributed by atoms with E-state index in [0.29, 0.717) is 0 Å². The molecule has 1 heteroatoms. The molecule has 0 saturated carbocycles. The van der Waals surface area contributed by atoms with Crippen LogP contribution in [0, 0.1) is 0 Å². The second-order valence-electron chi connectivity index (χ2n) is 2.81. The molecule has 11 heavy (non-hydrogen) atoms. The number of hydrogen-bond donors (Lipinski definition) is 0. The van der Waals surface area contributed by atoms with Crippen LogP contribution in [0.25, 0.3) is 0 Å². The van der Waals surface area contributed by atoms with Gasteiger partial charge in [0.05, 0.1) is 0 Å². The van der Waals surface area contributed by atoms with Gasteiger partial charge in [-0.15, -0.1) is 0 Å². The maximum absolute atomic E-state index is 12.8. The van der Waals surface area contributed by atoms with Gasteiger partial charge in [0.25, 0.3) is 0 Å². The second-order valence-corrected chi connectivity index (χ2v) is 2.81. The molecule has 0 radical (unpaired) electrons. The molecule has 1 aliphatic carbocycles. The van der Waals surface area contributed by atoms with Crippen molar-refractivity contribution in [2.24, 2.45) is 0 Å². The van der Waals surface area contributed by atoms with E-state index in [0.717, 1.165) is 24.8 Å². The molecule has 0 saturated heterocycles. The lowest BCUT2D eigenvalue weighted by Crippen LogP contribution is -1.71. The molecule has 0 amide bonds. The zero-order valence-corrected chi connectivity index (χ0v) is 6.81. The summed E-state index contributed by atoms with van der Waals surface area (Å²) >= 11 is 0. The average Bonchev–Trinajstić information content (AvgIpc) is 2.02. The van der Waals surface area contributed by atoms with Crippen LogP contribution in [0.3, 0.4) is 0 Å². The lowest BCUT2D eigenvalue weighted by atomic mass is 10.2. The largest absolute Gasteiger partial charge is 0.207 e. The molecule has 0 N–H and O–H groups in total. The Morgan fingerprint density at radius 1 is 1.36 bits per heavy atom. The van der Waals surface area contributed by atoms with Crippen LogP contribution in [0.1, 0.15) is 26.2 Å². The highest BCUT2D eigenvalue weighted by atomic mass is 19.1. The summed E-state index contributed by atoms with van der Waals surface area (Å²) in [6, 6.07) is 0. The van der Waals surface area contributed by atoms with Crippen LogP contribution in [0.5, 0.6) is 0 Å². The first-order valence-corrected chi connectivity index (χ1v) is 3.99. The first-order chi connectivity index (χ1) is 5.29. The highest BCUT2D eigenvalue weighted by Gasteiger charge is 1.92. The van der Waals surface area contributed by atoms with E-state index in [4.69, 9.17) is 0 Å². The molecule has 0 nitrogen and oxygen atoms in total. The highest BCUT2D eigenvalue weighted by molar-refractivity contribution is 5.25. The SMILES string of the molecule is CC1=C/CCC/C=C/C(F)=C\1. The van der Waals surface area contributed by atoms with Crippen molar-refractivity contribution in [1.29, 1.82) is 0 Å². The van der Waals surface area contributed by atoms with E-state index in [9.17, 15) is 4.39 Å². The van der Waals surface area contributed by atoms with Crippen LogP contribution in [0.4, 0.5) is 4.39 Å². The minimum absolute atomic E-state index is 0.138. The van der Waals surface area contributed by atoms with Crippen molar-refractivity contribution in [3.8, 4) is 0 Å². The first-order valence-electron chi connectivity index (χ1n) is 3.99. The lowest BCUT2D eigenvalue weighted by Gasteiger charge is -1.90. The zero-order chi connectivity index (χ0) is 8.10. The monoisotopic (exact) mass is 152 g/mol. The number of hydrogen-bond acceptors (Lipinski definition) is 0. The number of halogens is 1. The Bertz CT molecular complexity index is 209. The van der Waals surface area contributed by atoms with Gasteiger partial charge in [0.1, 0.15) is 5.83 Å². The van der Waals surface area contributed by atoms with Crippen molar-refractivity contribution in [3.63, 3.8) is 0 Å². The van der Waals surface area contributed by atoms with Crippen LogP contribution in [0.2, 0.25) is 0 Å². The van der Waals surface area contributed by atoms with Gasteiger partial charge in [0, 0.05) is 0 Å². The van der Waals surface area contributed by atoms with Crippen molar-refractivity contribution in [2.75, 3.05) is 0 Å².